The van der Waals surface area contributed by atoms with Gasteiger partial charge in [-0.15, -0.1) is 0 Å². The fraction of sp³-hybridized carbons (Fsp3) is 0.333. The van der Waals surface area contributed by atoms with Crippen molar-refractivity contribution in [1.82, 2.24) is 9.78 Å². The number of hydrogen-bond donors (Lipinski definition) is 1. The zero-order valence-electron chi connectivity index (χ0n) is 12.3. The van der Waals surface area contributed by atoms with E-state index in [1.807, 2.05) is 27.0 Å². The summed E-state index contributed by atoms with van der Waals surface area (Å²) in [5.41, 5.74) is 9.47. The molecule has 0 saturated carbocycles. The fourth-order valence-corrected chi connectivity index (χ4v) is 2.86. The third-order valence-electron chi connectivity index (χ3n) is 3.18. The van der Waals surface area contributed by atoms with Crippen LogP contribution in [0.3, 0.4) is 0 Å². The Labute approximate surface area is 132 Å². The van der Waals surface area contributed by atoms with Crippen molar-refractivity contribution < 1.29 is 9.53 Å². The number of halogens is 1. The van der Waals surface area contributed by atoms with Gasteiger partial charge in [-0.25, -0.2) is 4.79 Å². The molecule has 0 unspecified atom stereocenters. The van der Waals surface area contributed by atoms with Crippen molar-refractivity contribution in [3.8, 4) is 0 Å². The number of rotatable bonds is 4. The molecule has 0 atom stereocenters. The summed E-state index contributed by atoms with van der Waals surface area (Å²) >= 11 is 3.50. The number of nitrogens with two attached hydrogens (primary N) is 1. The maximum Gasteiger partial charge on any atom is 0.338 e. The normalized spacial score (nSPS) is 10.7. The first-order valence-electron chi connectivity index (χ1n) is 6.67. The number of nitrogen functional groups attached to an aromatic ring is 1. The molecule has 0 fully saturated rings. The summed E-state index contributed by atoms with van der Waals surface area (Å²) < 4.78 is 7.97. The van der Waals surface area contributed by atoms with Crippen molar-refractivity contribution in [1.29, 1.82) is 0 Å². The van der Waals surface area contributed by atoms with Gasteiger partial charge in [0.1, 0.15) is 6.61 Å². The van der Waals surface area contributed by atoms with E-state index in [1.165, 1.54) is 0 Å². The van der Waals surface area contributed by atoms with Gasteiger partial charge < -0.3 is 10.5 Å². The van der Waals surface area contributed by atoms with Crippen molar-refractivity contribution in [3.63, 3.8) is 0 Å². The van der Waals surface area contributed by atoms with E-state index in [1.54, 1.807) is 16.8 Å². The summed E-state index contributed by atoms with van der Waals surface area (Å²) in [6.07, 6.45) is 0.816. The predicted molar refractivity (Wildman–Crippen MR) is 85.0 cm³/mol. The van der Waals surface area contributed by atoms with Gasteiger partial charge in [-0.2, -0.15) is 5.10 Å². The molecule has 1 heterocycles. The molecule has 112 valence electrons. The molecular weight excluding hydrogens is 334 g/mol. The van der Waals surface area contributed by atoms with Crippen LogP contribution >= 0.6 is 15.9 Å². The summed E-state index contributed by atoms with van der Waals surface area (Å²) in [4.78, 5) is 12.1. The molecule has 0 spiro atoms. The van der Waals surface area contributed by atoms with Gasteiger partial charge in [-0.05, 0) is 53.0 Å². The van der Waals surface area contributed by atoms with Gasteiger partial charge in [0.15, 0.2) is 0 Å². The zero-order valence-corrected chi connectivity index (χ0v) is 13.9. The zero-order chi connectivity index (χ0) is 15.6. The van der Waals surface area contributed by atoms with Crippen molar-refractivity contribution in [3.05, 3.63) is 45.2 Å². The van der Waals surface area contributed by atoms with E-state index < -0.39 is 5.97 Å². The SMILES string of the molecule is CCc1nn(C)c(COC(=O)c2cc(C)cc(N)c2)c1Br. The molecule has 0 aliphatic rings. The van der Waals surface area contributed by atoms with Crippen LogP contribution in [-0.4, -0.2) is 15.7 Å². The second-order valence-corrected chi connectivity index (χ2v) is 5.69. The molecule has 1 aromatic heterocycles. The molecule has 2 rings (SSSR count). The highest BCUT2D eigenvalue weighted by molar-refractivity contribution is 9.10. The van der Waals surface area contributed by atoms with Gasteiger partial charge in [0.2, 0.25) is 0 Å². The number of anilines is 1. The monoisotopic (exact) mass is 351 g/mol. The molecule has 6 heteroatoms. The second kappa shape index (κ2) is 6.30. The maximum absolute atomic E-state index is 12.1. The Hall–Kier alpha value is -1.82. The minimum Gasteiger partial charge on any atom is -0.456 e. The first-order valence-corrected chi connectivity index (χ1v) is 7.46. The number of nitrogens with zero attached hydrogens (tertiary/aromatic N) is 2. The van der Waals surface area contributed by atoms with E-state index in [9.17, 15) is 4.79 Å². The maximum atomic E-state index is 12.1. The third-order valence-corrected chi connectivity index (χ3v) is 4.09. The highest BCUT2D eigenvalue weighted by Gasteiger charge is 2.15. The van der Waals surface area contributed by atoms with Crippen LogP contribution in [0.25, 0.3) is 0 Å². The Kier molecular flexibility index (Phi) is 4.67. The quantitative estimate of drug-likeness (QED) is 0.678. The van der Waals surface area contributed by atoms with Gasteiger partial charge in [0, 0.05) is 12.7 Å². The summed E-state index contributed by atoms with van der Waals surface area (Å²) in [7, 11) is 1.83. The smallest absolute Gasteiger partial charge is 0.338 e. The van der Waals surface area contributed by atoms with Gasteiger partial charge in [0.25, 0.3) is 0 Å². The highest BCUT2D eigenvalue weighted by atomic mass is 79.9. The Bertz CT molecular complexity index is 660. The first kappa shape index (κ1) is 15.6. The third kappa shape index (κ3) is 3.44. The Balaban J connectivity index is 2.13. The van der Waals surface area contributed by atoms with Gasteiger partial charge in [-0.1, -0.05) is 6.92 Å². The molecule has 0 bridgehead atoms. The van der Waals surface area contributed by atoms with Gasteiger partial charge >= 0.3 is 5.97 Å². The Morgan fingerprint density at radius 1 is 1.43 bits per heavy atom. The van der Waals surface area contributed by atoms with Crippen LogP contribution < -0.4 is 5.73 Å². The van der Waals surface area contributed by atoms with Crippen molar-refractivity contribution in [2.45, 2.75) is 26.9 Å². The lowest BCUT2D eigenvalue weighted by molar-refractivity contribution is 0.0462. The lowest BCUT2D eigenvalue weighted by atomic mass is 10.1. The highest BCUT2D eigenvalue weighted by Crippen LogP contribution is 2.22. The van der Waals surface area contributed by atoms with E-state index in [-0.39, 0.29) is 6.61 Å². The lowest BCUT2D eigenvalue weighted by Gasteiger charge is -2.07. The van der Waals surface area contributed by atoms with Crippen LogP contribution in [0.4, 0.5) is 5.69 Å². The van der Waals surface area contributed by atoms with Crippen LogP contribution in [-0.2, 0) is 24.8 Å². The Morgan fingerprint density at radius 3 is 2.71 bits per heavy atom. The molecule has 1 aromatic carbocycles. The van der Waals surface area contributed by atoms with E-state index in [0.29, 0.717) is 11.3 Å². The van der Waals surface area contributed by atoms with E-state index >= 15 is 0 Å². The molecule has 0 radical (unpaired) electrons. The molecule has 0 aliphatic carbocycles. The first-order chi connectivity index (χ1) is 9.92. The molecule has 0 amide bonds. The van der Waals surface area contributed by atoms with Crippen molar-refractivity contribution >= 4 is 27.6 Å². The summed E-state index contributed by atoms with van der Waals surface area (Å²) in [5, 5.41) is 4.37. The fourth-order valence-electron chi connectivity index (χ4n) is 2.12. The number of carbonyl (C=O) groups excluding carboxylic acids is 1. The van der Waals surface area contributed by atoms with Crippen molar-refractivity contribution in [2.24, 2.45) is 7.05 Å². The van der Waals surface area contributed by atoms with E-state index in [4.69, 9.17) is 10.5 Å². The topological polar surface area (TPSA) is 70.1 Å². The van der Waals surface area contributed by atoms with E-state index in [2.05, 4.69) is 21.0 Å². The summed E-state index contributed by atoms with van der Waals surface area (Å²) in [5.74, 6) is -0.392. The minimum atomic E-state index is -0.392. The van der Waals surface area contributed by atoms with E-state index in [0.717, 1.165) is 27.8 Å². The largest absolute Gasteiger partial charge is 0.456 e. The standard InChI is InChI=1S/C15H18BrN3O2/c1-4-12-14(16)13(19(3)18-12)8-21-15(20)10-5-9(2)6-11(17)7-10/h5-7H,4,8,17H2,1-3H3. The molecule has 0 saturated heterocycles. The molecule has 2 aromatic rings. The average Bonchev–Trinajstić information content (AvgIpc) is 2.69. The second-order valence-electron chi connectivity index (χ2n) is 4.89. The number of aromatic nitrogens is 2. The Morgan fingerprint density at radius 2 is 2.14 bits per heavy atom. The lowest BCUT2D eigenvalue weighted by Crippen LogP contribution is -2.09. The van der Waals surface area contributed by atoms with Crippen molar-refractivity contribution in [2.75, 3.05) is 5.73 Å². The molecule has 21 heavy (non-hydrogen) atoms. The predicted octanol–water partition coefficient (Wildman–Crippen LogP) is 2.99. The number of esters is 1. The number of hydrogen-bond acceptors (Lipinski definition) is 4. The van der Waals surface area contributed by atoms with Crippen LogP contribution in [0.15, 0.2) is 22.7 Å². The number of ether oxygens (including phenoxy) is 1. The molecule has 0 aliphatic heterocycles. The van der Waals surface area contributed by atoms with Gasteiger partial charge in [0.05, 0.1) is 21.4 Å². The van der Waals surface area contributed by atoms with Gasteiger partial charge in [-0.3, -0.25) is 4.68 Å². The molecular formula is C15H18BrN3O2. The molecule has 5 nitrogen and oxygen atoms in total. The average molecular weight is 352 g/mol. The van der Waals surface area contributed by atoms with Crippen LogP contribution in [0, 0.1) is 6.92 Å². The minimum absolute atomic E-state index is 0.163. The van der Waals surface area contributed by atoms with Crippen LogP contribution in [0.2, 0.25) is 0 Å². The number of aryl methyl sites for hydroxylation is 3. The van der Waals surface area contributed by atoms with Crippen LogP contribution in [0.1, 0.15) is 34.2 Å². The number of benzene rings is 1. The molecule has 2 N–H and O–H groups in total. The summed E-state index contributed by atoms with van der Waals surface area (Å²) in [6.45, 7) is 4.08. The number of carbonyl (C=O) groups is 1. The van der Waals surface area contributed by atoms with Crippen LogP contribution in [0.5, 0.6) is 0 Å². The summed E-state index contributed by atoms with van der Waals surface area (Å²) in [6, 6.07) is 5.18.